The lowest BCUT2D eigenvalue weighted by Crippen LogP contribution is -2.32. The lowest BCUT2D eigenvalue weighted by Gasteiger charge is -2.12. The Morgan fingerprint density at radius 1 is 1.00 bits per heavy atom. The molecule has 1 amide bonds. The molecule has 1 saturated carbocycles. The maximum Gasteiger partial charge on any atom is 0.271 e. The molecule has 3 aromatic rings. The van der Waals surface area contributed by atoms with Crippen molar-refractivity contribution in [3.63, 3.8) is 0 Å². The van der Waals surface area contributed by atoms with Crippen molar-refractivity contribution in [3.05, 3.63) is 81.6 Å². The topological polar surface area (TPSA) is 64.0 Å². The number of nitrogens with zero attached hydrogens (tertiary/aromatic N) is 2. The van der Waals surface area contributed by atoms with E-state index in [1.165, 1.54) is 35.4 Å². The first-order valence-electron chi connectivity index (χ1n) is 9.53. The van der Waals surface area contributed by atoms with Gasteiger partial charge in [-0.1, -0.05) is 36.2 Å². The van der Waals surface area contributed by atoms with E-state index in [1.54, 1.807) is 30.3 Å². The Balaban J connectivity index is 1.52. The number of hydrogen-bond donors (Lipinski definition) is 1. The molecule has 0 saturated heterocycles. The van der Waals surface area contributed by atoms with Crippen molar-refractivity contribution in [1.82, 2.24) is 15.1 Å². The number of aromatic nitrogens is 2. The zero-order valence-electron chi connectivity index (χ0n) is 15.7. The molecule has 0 aliphatic heterocycles. The molecule has 29 heavy (non-hydrogen) atoms. The zero-order chi connectivity index (χ0) is 20.2. The summed E-state index contributed by atoms with van der Waals surface area (Å²) < 4.78 is 1.34. The molecule has 2 aromatic carbocycles. The van der Waals surface area contributed by atoms with Crippen molar-refractivity contribution in [2.24, 2.45) is 0 Å². The first-order chi connectivity index (χ1) is 14.1. The van der Waals surface area contributed by atoms with E-state index >= 15 is 0 Å². The summed E-state index contributed by atoms with van der Waals surface area (Å²) in [5.41, 5.74) is 0.972. The highest BCUT2D eigenvalue weighted by molar-refractivity contribution is 7.99. The van der Waals surface area contributed by atoms with Crippen LogP contribution in [0.15, 0.2) is 75.4 Å². The van der Waals surface area contributed by atoms with Gasteiger partial charge in [0, 0.05) is 27.6 Å². The van der Waals surface area contributed by atoms with E-state index in [4.69, 9.17) is 11.6 Å². The summed E-state index contributed by atoms with van der Waals surface area (Å²) in [6.07, 6.45) is 4.42. The first kappa shape index (κ1) is 19.7. The van der Waals surface area contributed by atoms with Gasteiger partial charge in [0.2, 0.25) is 0 Å². The standard InChI is InChI=1S/C22H20ClN3O2S/c23-16-7-11-19(12-8-16)29-20-13-14-21(27)26(25-20)18-9-5-15(6-10-18)22(28)24-17-3-1-2-4-17/h5-14,17H,1-4H2,(H,24,28). The SMILES string of the molecule is O=C(NC1CCCC1)c1ccc(-n2nc(Sc3ccc(Cl)cc3)ccc2=O)cc1. The molecule has 0 bridgehead atoms. The third-order valence-corrected chi connectivity index (χ3v) is 6.06. The summed E-state index contributed by atoms with van der Waals surface area (Å²) in [5, 5.41) is 8.88. The Kier molecular flexibility index (Phi) is 6.02. The maximum atomic E-state index is 12.4. The number of rotatable bonds is 5. The van der Waals surface area contributed by atoms with Crippen LogP contribution in [-0.2, 0) is 0 Å². The Morgan fingerprint density at radius 3 is 2.38 bits per heavy atom. The van der Waals surface area contributed by atoms with Crippen molar-refractivity contribution in [2.75, 3.05) is 0 Å². The normalized spacial score (nSPS) is 14.1. The van der Waals surface area contributed by atoms with E-state index < -0.39 is 0 Å². The summed E-state index contributed by atoms with van der Waals surface area (Å²) in [5.74, 6) is -0.0733. The second-order valence-electron chi connectivity index (χ2n) is 6.98. The molecule has 1 fully saturated rings. The molecule has 0 atom stereocenters. The van der Waals surface area contributed by atoms with Gasteiger partial charge < -0.3 is 5.32 Å². The third-order valence-electron chi connectivity index (χ3n) is 4.88. The number of amides is 1. The molecular formula is C22H20ClN3O2S. The fourth-order valence-electron chi connectivity index (χ4n) is 3.35. The number of halogens is 1. The van der Waals surface area contributed by atoms with Crippen LogP contribution in [0.4, 0.5) is 0 Å². The van der Waals surface area contributed by atoms with E-state index in [1.807, 2.05) is 24.3 Å². The van der Waals surface area contributed by atoms with E-state index in [2.05, 4.69) is 10.4 Å². The summed E-state index contributed by atoms with van der Waals surface area (Å²) >= 11 is 7.37. The highest BCUT2D eigenvalue weighted by Crippen LogP contribution is 2.26. The van der Waals surface area contributed by atoms with Gasteiger partial charge in [0.15, 0.2) is 0 Å². The smallest absolute Gasteiger partial charge is 0.271 e. The van der Waals surface area contributed by atoms with Gasteiger partial charge in [0.1, 0.15) is 5.03 Å². The summed E-state index contributed by atoms with van der Waals surface area (Å²) in [6, 6.07) is 17.8. The Bertz CT molecular complexity index is 1060. The average molecular weight is 426 g/mol. The van der Waals surface area contributed by atoms with Crippen LogP contribution in [0, 0.1) is 0 Å². The molecule has 0 spiro atoms. The largest absolute Gasteiger partial charge is 0.349 e. The van der Waals surface area contributed by atoms with Crippen LogP contribution >= 0.6 is 23.4 Å². The molecule has 5 nitrogen and oxygen atoms in total. The number of nitrogens with one attached hydrogen (secondary N) is 1. The van der Waals surface area contributed by atoms with Crippen LogP contribution in [0.3, 0.4) is 0 Å². The number of carbonyl (C=O) groups excluding carboxylic acids is 1. The van der Waals surface area contributed by atoms with Gasteiger partial charge in [-0.2, -0.15) is 9.78 Å². The molecule has 148 valence electrons. The van der Waals surface area contributed by atoms with Crippen LogP contribution < -0.4 is 10.9 Å². The van der Waals surface area contributed by atoms with Crippen LogP contribution in [0.1, 0.15) is 36.0 Å². The Hall–Kier alpha value is -2.57. The van der Waals surface area contributed by atoms with Crippen LogP contribution in [0.5, 0.6) is 0 Å². The van der Waals surface area contributed by atoms with E-state index in [0.29, 0.717) is 21.3 Å². The van der Waals surface area contributed by atoms with Gasteiger partial charge in [0.25, 0.3) is 11.5 Å². The summed E-state index contributed by atoms with van der Waals surface area (Å²) in [7, 11) is 0. The monoisotopic (exact) mass is 425 g/mol. The van der Waals surface area contributed by atoms with Crippen LogP contribution in [0.25, 0.3) is 5.69 Å². The van der Waals surface area contributed by atoms with Crippen molar-refractivity contribution in [2.45, 2.75) is 41.6 Å². The van der Waals surface area contributed by atoms with Crippen molar-refractivity contribution in [3.8, 4) is 5.69 Å². The molecule has 7 heteroatoms. The first-order valence-corrected chi connectivity index (χ1v) is 10.7. The second-order valence-corrected chi connectivity index (χ2v) is 8.51. The second kappa shape index (κ2) is 8.84. The minimum atomic E-state index is -0.228. The van der Waals surface area contributed by atoms with Gasteiger partial charge in [-0.05, 0) is 67.4 Å². The summed E-state index contributed by atoms with van der Waals surface area (Å²) in [6.45, 7) is 0. The number of carbonyl (C=O) groups is 1. The fraction of sp³-hybridized carbons (Fsp3) is 0.227. The van der Waals surface area contributed by atoms with Crippen molar-refractivity contribution < 1.29 is 4.79 Å². The van der Waals surface area contributed by atoms with Crippen molar-refractivity contribution >= 4 is 29.3 Å². The van der Waals surface area contributed by atoms with E-state index in [9.17, 15) is 9.59 Å². The Labute approximate surface area is 178 Å². The van der Waals surface area contributed by atoms with Gasteiger partial charge in [-0.25, -0.2) is 0 Å². The molecule has 1 N–H and O–H groups in total. The van der Waals surface area contributed by atoms with E-state index in [-0.39, 0.29) is 17.5 Å². The Morgan fingerprint density at radius 2 is 1.69 bits per heavy atom. The molecule has 0 radical (unpaired) electrons. The van der Waals surface area contributed by atoms with Crippen molar-refractivity contribution in [1.29, 1.82) is 0 Å². The fourth-order valence-corrected chi connectivity index (χ4v) is 4.25. The predicted molar refractivity (Wildman–Crippen MR) is 115 cm³/mol. The predicted octanol–water partition coefficient (Wildman–Crippen LogP) is 4.71. The minimum Gasteiger partial charge on any atom is -0.349 e. The maximum absolute atomic E-state index is 12.4. The zero-order valence-corrected chi connectivity index (χ0v) is 17.2. The molecule has 0 unspecified atom stereocenters. The summed E-state index contributed by atoms with van der Waals surface area (Å²) in [4.78, 5) is 25.7. The molecule has 1 aliphatic carbocycles. The van der Waals surface area contributed by atoms with Gasteiger partial charge >= 0.3 is 0 Å². The van der Waals surface area contributed by atoms with Gasteiger partial charge in [-0.3, -0.25) is 9.59 Å². The van der Waals surface area contributed by atoms with Crippen LogP contribution in [0.2, 0.25) is 5.02 Å². The van der Waals surface area contributed by atoms with Gasteiger partial charge in [-0.15, -0.1) is 0 Å². The lowest BCUT2D eigenvalue weighted by atomic mass is 10.1. The quantitative estimate of drug-likeness (QED) is 0.643. The lowest BCUT2D eigenvalue weighted by molar-refractivity contribution is 0.0938. The van der Waals surface area contributed by atoms with E-state index in [0.717, 1.165) is 17.7 Å². The highest BCUT2D eigenvalue weighted by atomic mass is 35.5. The molecule has 1 aliphatic rings. The van der Waals surface area contributed by atoms with Crippen LogP contribution in [-0.4, -0.2) is 21.7 Å². The number of hydrogen-bond acceptors (Lipinski definition) is 4. The molecule has 4 rings (SSSR count). The molecular weight excluding hydrogens is 406 g/mol. The third kappa shape index (κ3) is 4.89. The average Bonchev–Trinajstić information content (AvgIpc) is 3.24. The number of benzene rings is 2. The molecule has 1 aromatic heterocycles. The molecule has 1 heterocycles. The highest BCUT2D eigenvalue weighted by Gasteiger charge is 2.18. The van der Waals surface area contributed by atoms with Gasteiger partial charge in [0.05, 0.1) is 5.69 Å². The minimum absolute atomic E-state index is 0.0733.